The summed E-state index contributed by atoms with van der Waals surface area (Å²) in [6.45, 7) is 6.87. The summed E-state index contributed by atoms with van der Waals surface area (Å²) in [5.74, 6) is 1.16. The number of nitrogen functional groups attached to an aromatic ring is 1. The first-order chi connectivity index (χ1) is 15.4. The zero-order valence-electron chi connectivity index (χ0n) is 18.1. The number of pyridine rings is 1. The van der Waals surface area contributed by atoms with Crippen LogP contribution in [0.4, 0.5) is 17.2 Å². The molecule has 1 amide bonds. The first-order valence-electron chi connectivity index (χ1n) is 10.6. The van der Waals surface area contributed by atoms with Gasteiger partial charge < -0.3 is 29.8 Å². The third-order valence-corrected chi connectivity index (χ3v) is 5.55. The van der Waals surface area contributed by atoms with Crippen LogP contribution in [-0.2, 0) is 11.2 Å². The molecular weight excluding hydrogens is 410 g/mol. The molecule has 0 unspecified atom stereocenters. The van der Waals surface area contributed by atoms with E-state index < -0.39 is 0 Å². The maximum atomic E-state index is 13.0. The quantitative estimate of drug-likeness (QED) is 0.642. The van der Waals surface area contributed by atoms with E-state index in [2.05, 4.69) is 34.0 Å². The molecule has 0 saturated carbocycles. The molecule has 166 valence electrons. The second-order valence-corrected chi connectivity index (χ2v) is 8.58. The Balaban J connectivity index is 1.44. The van der Waals surface area contributed by atoms with Crippen molar-refractivity contribution in [1.29, 1.82) is 0 Å². The lowest BCUT2D eigenvalue weighted by atomic mass is 10.0. The van der Waals surface area contributed by atoms with E-state index in [1.165, 1.54) is 6.26 Å². The van der Waals surface area contributed by atoms with Gasteiger partial charge >= 0.3 is 0 Å². The molecule has 9 heteroatoms. The Bertz CT molecular complexity index is 1170. The van der Waals surface area contributed by atoms with Crippen LogP contribution in [0.15, 0.2) is 41.1 Å². The molecule has 0 aliphatic carbocycles. The predicted molar refractivity (Wildman–Crippen MR) is 120 cm³/mol. The number of benzene rings is 1. The van der Waals surface area contributed by atoms with Crippen molar-refractivity contribution in [2.75, 3.05) is 42.3 Å². The molecule has 0 radical (unpaired) electrons. The van der Waals surface area contributed by atoms with E-state index in [0.717, 1.165) is 42.2 Å². The van der Waals surface area contributed by atoms with Gasteiger partial charge in [-0.15, -0.1) is 0 Å². The van der Waals surface area contributed by atoms with E-state index in [1.54, 1.807) is 18.3 Å². The Morgan fingerprint density at radius 2 is 2.03 bits per heavy atom. The summed E-state index contributed by atoms with van der Waals surface area (Å²) in [5, 5.41) is 3.02. The molecule has 0 bridgehead atoms. The number of oxazole rings is 1. The number of hydrogen-bond donors (Lipinski definition) is 2. The highest BCUT2D eigenvalue weighted by Crippen LogP contribution is 2.42. The molecule has 1 fully saturated rings. The number of carbonyl (C=O) groups excluding carboxylic acids is 1. The van der Waals surface area contributed by atoms with Crippen molar-refractivity contribution in [2.45, 2.75) is 25.9 Å². The fourth-order valence-corrected chi connectivity index (χ4v) is 4.08. The SMILES string of the molecule is CC1(C)Cc2cc(NC(=O)c3coc(-c4ccnc(N)c4)n3)c(N3CCOCC3)cc2O1. The van der Waals surface area contributed by atoms with Crippen LogP contribution in [0.3, 0.4) is 0 Å². The molecule has 32 heavy (non-hydrogen) atoms. The summed E-state index contributed by atoms with van der Waals surface area (Å²) in [7, 11) is 0. The van der Waals surface area contributed by atoms with Gasteiger partial charge in [-0.25, -0.2) is 9.97 Å². The van der Waals surface area contributed by atoms with Gasteiger partial charge in [0.15, 0.2) is 5.69 Å². The molecule has 0 atom stereocenters. The zero-order valence-corrected chi connectivity index (χ0v) is 18.1. The maximum absolute atomic E-state index is 13.0. The average Bonchev–Trinajstić information content (AvgIpc) is 3.37. The standard InChI is InChI=1S/C23H25N5O4/c1-23(2)12-15-9-16(18(11-19(15)32-23)28-5-7-30-8-6-28)26-21(29)17-13-31-22(27-17)14-3-4-25-20(24)10-14/h3-4,9-11,13H,5-8,12H2,1-2H3,(H2,24,25)(H,26,29). The lowest BCUT2D eigenvalue weighted by Crippen LogP contribution is -2.36. The number of anilines is 3. The average molecular weight is 435 g/mol. The number of aromatic nitrogens is 2. The van der Waals surface area contributed by atoms with Gasteiger partial charge in [-0.3, -0.25) is 4.79 Å². The number of nitrogens with zero attached hydrogens (tertiary/aromatic N) is 3. The second kappa shape index (κ2) is 7.83. The Kier molecular flexibility index (Phi) is 4.97. The molecule has 3 N–H and O–H groups in total. The third kappa shape index (κ3) is 3.99. The number of morpholine rings is 1. The smallest absolute Gasteiger partial charge is 0.277 e. The predicted octanol–water partition coefficient (Wildman–Crippen LogP) is 3.12. The van der Waals surface area contributed by atoms with Crippen LogP contribution in [0.2, 0.25) is 0 Å². The van der Waals surface area contributed by atoms with Crippen molar-refractivity contribution in [1.82, 2.24) is 9.97 Å². The summed E-state index contributed by atoms with van der Waals surface area (Å²) < 4.78 is 17.1. The van der Waals surface area contributed by atoms with Gasteiger partial charge in [0.2, 0.25) is 5.89 Å². The Labute approximate surface area is 185 Å². The highest BCUT2D eigenvalue weighted by atomic mass is 16.5. The number of carbonyl (C=O) groups is 1. The zero-order chi connectivity index (χ0) is 22.3. The number of nitrogens with one attached hydrogen (secondary N) is 1. The number of ether oxygens (including phenoxy) is 2. The van der Waals surface area contributed by atoms with Crippen molar-refractivity contribution in [3.05, 3.63) is 48.0 Å². The summed E-state index contributed by atoms with van der Waals surface area (Å²) in [6, 6.07) is 7.38. The van der Waals surface area contributed by atoms with E-state index in [1.807, 2.05) is 12.1 Å². The number of rotatable bonds is 4. The fourth-order valence-electron chi connectivity index (χ4n) is 4.08. The van der Waals surface area contributed by atoms with E-state index in [9.17, 15) is 4.79 Å². The highest BCUT2D eigenvalue weighted by Gasteiger charge is 2.32. The molecule has 5 rings (SSSR count). The minimum Gasteiger partial charge on any atom is -0.487 e. The summed E-state index contributed by atoms with van der Waals surface area (Å²) in [4.78, 5) is 23.5. The van der Waals surface area contributed by atoms with Crippen LogP contribution in [0.5, 0.6) is 5.75 Å². The Morgan fingerprint density at radius 3 is 2.81 bits per heavy atom. The van der Waals surface area contributed by atoms with Gasteiger partial charge in [-0.1, -0.05) is 0 Å². The Morgan fingerprint density at radius 1 is 1.22 bits per heavy atom. The normalized spacial score (nSPS) is 17.0. The van der Waals surface area contributed by atoms with Gasteiger partial charge in [0, 0.05) is 42.9 Å². The van der Waals surface area contributed by atoms with E-state index >= 15 is 0 Å². The molecule has 2 aliphatic heterocycles. The van der Waals surface area contributed by atoms with Crippen molar-refractivity contribution in [3.8, 4) is 17.2 Å². The van der Waals surface area contributed by atoms with Gasteiger partial charge in [0.1, 0.15) is 23.4 Å². The van der Waals surface area contributed by atoms with Crippen LogP contribution < -0.4 is 20.7 Å². The lowest BCUT2D eigenvalue weighted by molar-refractivity contribution is 0.102. The van der Waals surface area contributed by atoms with Gasteiger partial charge in [0.05, 0.1) is 24.6 Å². The number of fused-ring (bicyclic) bond motifs is 1. The second-order valence-electron chi connectivity index (χ2n) is 8.58. The fraction of sp³-hybridized carbons (Fsp3) is 0.348. The van der Waals surface area contributed by atoms with Crippen molar-refractivity contribution in [2.24, 2.45) is 0 Å². The topological polar surface area (TPSA) is 116 Å². The van der Waals surface area contributed by atoms with Gasteiger partial charge in [-0.05, 0) is 32.0 Å². The van der Waals surface area contributed by atoms with Crippen LogP contribution in [-0.4, -0.2) is 47.8 Å². The molecular formula is C23H25N5O4. The van der Waals surface area contributed by atoms with Crippen LogP contribution in [0.1, 0.15) is 29.9 Å². The van der Waals surface area contributed by atoms with Crippen molar-refractivity contribution in [3.63, 3.8) is 0 Å². The molecule has 1 aromatic carbocycles. The molecule has 2 aromatic heterocycles. The molecule has 1 saturated heterocycles. The first-order valence-corrected chi connectivity index (χ1v) is 10.6. The van der Waals surface area contributed by atoms with E-state index in [4.69, 9.17) is 19.6 Å². The molecule has 4 heterocycles. The number of hydrogen-bond acceptors (Lipinski definition) is 8. The van der Waals surface area contributed by atoms with E-state index in [0.29, 0.717) is 30.5 Å². The van der Waals surface area contributed by atoms with Crippen LogP contribution in [0.25, 0.3) is 11.5 Å². The monoisotopic (exact) mass is 435 g/mol. The third-order valence-electron chi connectivity index (χ3n) is 5.55. The highest BCUT2D eigenvalue weighted by molar-refractivity contribution is 6.05. The summed E-state index contributed by atoms with van der Waals surface area (Å²) in [5.41, 5.74) is 8.98. The Hall–Kier alpha value is -3.59. The summed E-state index contributed by atoms with van der Waals surface area (Å²) in [6.07, 6.45) is 3.68. The molecule has 9 nitrogen and oxygen atoms in total. The molecule has 2 aliphatic rings. The molecule has 3 aromatic rings. The van der Waals surface area contributed by atoms with Crippen molar-refractivity contribution < 1.29 is 18.7 Å². The first kappa shape index (κ1) is 20.3. The number of nitrogens with two attached hydrogens (primary N) is 1. The largest absolute Gasteiger partial charge is 0.487 e. The minimum atomic E-state index is -0.352. The van der Waals surface area contributed by atoms with E-state index in [-0.39, 0.29) is 17.2 Å². The maximum Gasteiger partial charge on any atom is 0.277 e. The van der Waals surface area contributed by atoms with Crippen LogP contribution in [0, 0.1) is 0 Å². The molecule has 0 spiro atoms. The van der Waals surface area contributed by atoms with Gasteiger partial charge in [0.25, 0.3) is 5.91 Å². The van der Waals surface area contributed by atoms with Crippen molar-refractivity contribution >= 4 is 23.1 Å². The minimum absolute atomic E-state index is 0.181. The summed E-state index contributed by atoms with van der Waals surface area (Å²) >= 11 is 0. The van der Waals surface area contributed by atoms with Gasteiger partial charge in [-0.2, -0.15) is 0 Å². The van der Waals surface area contributed by atoms with Crippen LogP contribution >= 0.6 is 0 Å². The number of amides is 1. The lowest BCUT2D eigenvalue weighted by Gasteiger charge is -2.31.